The first-order chi connectivity index (χ1) is 9.77. The highest BCUT2D eigenvalue weighted by Crippen LogP contribution is 2.34. The second-order valence-electron chi connectivity index (χ2n) is 5.35. The molecule has 0 atom stereocenters. The molecule has 2 rings (SSSR count). The van der Waals surface area contributed by atoms with E-state index in [0.29, 0.717) is 0 Å². The van der Waals surface area contributed by atoms with Crippen LogP contribution in [0.1, 0.15) is 28.8 Å². The van der Waals surface area contributed by atoms with Gasteiger partial charge in [0.15, 0.2) is 0 Å². The number of hydrogen-bond acceptors (Lipinski definition) is 3. The zero-order valence-corrected chi connectivity index (χ0v) is 11.7. The maximum absolute atomic E-state index is 12.8. The highest BCUT2D eigenvalue weighted by atomic mass is 19.4. The van der Waals surface area contributed by atoms with E-state index in [4.69, 9.17) is 5.73 Å². The molecular formula is C14H18F3N3O. The van der Waals surface area contributed by atoms with Crippen LogP contribution in [0.4, 0.5) is 18.9 Å². The van der Waals surface area contributed by atoms with Crippen molar-refractivity contribution in [3.63, 3.8) is 0 Å². The molecule has 0 bridgehead atoms. The summed E-state index contributed by atoms with van der Waals surface area (Å²) >= 11 is 0. The maximum atomic E-state index is 12.8. The number of anilines is 1. The summed E-state index contributed by atoms with van der Waals surface area (Å²) in [5.41, 5.74) is 3.95. The highest BCUT2D eigenvalue weighted by molar-refractivity contribution is 5.95. The van der Waals surface area contributed by atoms with Crippen LogP contribution in [0.15, 0.2) is 18.2 Å². The maximum Gasteiger partial charge on any atom is 0.418 e. The van der Waals surface area contributed by atoms with Crippen LogP contribution in [0.3, 0.4) is 0 Å². The average Bonchev–Trinajstić information content (AvgIpc) is 2.40. The van der Waals surface area contributed by atoms with Crippen LogP contribution < -0.4 is 11.1 Å². The van der Waals surface area contributed by atoms with Crippen LogP contribution in [0, 0.1) is 0 Å². The zero-order valence-electron chi connectivity index (χ0n) is 11.7. The molecule has 0 aliphatic carbocycles. The molecule has 1 heterocycles. The summed E-state index contributed by atoms with van der Waals surface area (Å²) in [6.45, 7) is 1.72. The molecule has 0 radical (unpaired) electrons. The number of rotatable bonds is 2. The van der Waals surface area contributed by atoms with Crippen molar-refractivity contribution in [3.8, 4) is 0 Å². The molecule has 1 aromatic carbocycles. The monoisotopic (exact) mass is 301 g/mol. The van der Waals surface area contributed by atoms with Gasteiger partial charge in [-0.05, 0) is 51.2 Å². The van der Waals surface area contributed by atoms with E-state index in [-0.39, 0.29) is 17.3 Å². The van der Waals surface area contributed by atoms with Crippen LogP contribution >= 0.6 is 0 Å². The van der Waals surface area contributed by atoms with Crippen LogP contribution in [0.25, 0.3) is 0 Å². The predicted molar refractivity (Wildman–Crippen MR) is 73.8 cm³/mol. The van der Waals surface area contributed by atoms with Gasteiger partial charge in [-0.15, -0.1) is 0 Å². The molecule has 1 fully saturated rings. The van der Waals surface area contributed by atoms with Gasteiger partial charge < -0.3 is 16.0 Å². The standard InChI is InChI=1S/C14H18F3N3O/c1-20-6-4-10(5-7-20)19-13(21)9-2-3-12(18)11(8-9)14(15,16)17/h2-3,8,10H,4-7,18H2,1H3,(H,19,21). The molecule has 0 unspecified atom stereocenters. The van der Waals surface area contributed by atoms with E-state index in [1.54, 1.807) is 0 Å². The minimum atomic E-state index is -4.56. The summed E-state index contributed by atoms with van der Waals surface area (Å²) in [6, 6.07) is 3.24. The summed E-state index contributed by atoms with van der Waals surface area (Å²) in [6.07, 6.45) is -2.97. The number of nitrogens with zero attached hydrogens (tertiary/aromatic N) is 1. The van der Waals surface area contributed by atoms with Crippen molar-refractivity contribution in [2.24, 2.45) is 0 Å². The van der Waals surface area contributed by atoms with Gasteiger partial charge in [-0.3, -0.25) is 4.79 Å². The van der Waals surface area contributed by atoms with Gasteiger partial charge in [0.25, 0.3) is 5.91 Å². The van der Waals surface area contributed by atoms with Crippen LogP contribution in [0.2, 0.25) is 0 Å². The van der Waals surface area contributed by atoms with E-state index in [2.05, 4.69) is 10.2 Å². The highest BCUT2D eigenvalue weighted by Gasteiger charge is 2.33. The van der Waals surface area contributed by atoms with Crippen molar-refractivity contribution in [1.29, 1.82) is 0 Å². The molecule has 1 saturated heterocycles. The van der Waals surface area contributed by atoms with E-state index in [1.165, 1.54) is 6.07 Å². The lowest BCUT2D eigenvalue weighted by Crippen LogP contribution is -2.43. The Morgan fingerprint density at radius 3 is 2.52 bits per heavy atom. The van der Waals surface area contributed by atoms with Gasteiger partial charge in [0.1, 0.15) is 0 Å². The van der Waals surface area contributed by atoms with Crippen LogP contribution in [0.5, 0.6) is 0 Å². The number of carbonyl (C=O) groups excluding carboxylic acids is 1. The summed E-state index contributed by atoms with van der Waals surface area (Å²) in [5, 5.41) is 2.78. The summed E-state index contributed by atoms with van der Waals surface area (Å²) in [5.74, 6) is -0.491. The Kier molecular flexibility index (Phi) is 4.41. The number of nitrogens with two attached hydrogens (primary N) is 1. The third kappa shape index (κ3) is 3.87. The first-order valence-electron chi connectivity index (χ1n) is 6.73. The number of nitrogens with one attached hydrogen (secondary N) is 1. The van der Waals surface area contributed by atoms with Gasteiger partial charge in [-0.25, -0.2) is 0 Å². The van der Waals surface area contributed by atoms with E-state index in [0.717, 1.165) is 38.1 Å². The topological polar surface area (TPSA) is 58.4 Å². The van der Waals surface area contributed by atoms with Gasteiger partial charge in [0, 0.05) is 17.3 Å². The van der Waals surface area contributed by atoms with Crippen LogP contribution in [-0.4, -0.2) is 37.0 Å². The number of likely N-dealkylation sites (tertiary alicyclic amines) is 1. The third-order valence-corrected chi connectivity index (χ3v) is 3.67. The Balaban J connectivity index is 2.09. The molecule has 1 aromatic rings. The van der Waals surface area contributed by atoms with Crippen molar-refractivity contribution in [1.82, 2.24) is 10.2 Å². The molecular weight excluding hydrogens is 283 g/mol. The van der Waals surface area contributed by atoms with Gasteiger partial charge in [-0.2, -0.15) is 13.2 Å². The second-order valence-corrected chi connectivity index (χ2v) is 5.35. The van der Waals surface area contributed by atoms with E-state index in [1.807, 2.05) is 7.05 Å². The summed E-state index contributed by atoms with van der Waals surface area (Å²) in [7, 11) is 1.99. The molecule has 0 aromatic heterocycles. The third-order valence-electron chi connectivity index (χ3n) is 3.67. The quantitative estimate of drug-likeness (QED) is 0.823. The van der Waals surface area contributed by atoms with Gasteiger partial charge in [-0.1, -0.05) is 0 Å². The van der Waals surface area contributed by atoms with Crippen LogP contribution in [-0.2, 0) is 6.18 Å². The number of carbonyl (C=O) groups is 1. The molecule has 0 spiro atoms. The number of halogens is 3. The Bertz CT molecular complexity index is 523. The summed E-state index contributed by atoms with van der Waals surface area (Å²) in [4.78, 5) is 14.2. The molecule has 0 saturated carbocycles. The van der Waals surface area contributed by atoms with Crippen molar-refractivity contribution in [2.75, 3.05) is 25.9 Å². The van der Waals surface area contributed by atoms with Crippen molar-refractivity contribution >= 4 is 11.6 Å². The van der Waals surface area contributed by atoms with Gasteiger partial charge >= 0.3 is 6.18 Å². The number of alkyl halides is 3. The predicted octanol–water partition coefficient (Wildman–Crippen LogP) is 2.11. The lowest BCUT2D eigenvalue weighted by molar-refractivity contribution is -0.136. The minimum Gasteiger partial charge on any atom is -0.398 e. The van der Waals surface area contributed by atoms with E-state index < -0.39 is 17.6 Å². The Labute approximate surface area is 121 Å². The fourth-order valence-corrected chi connectivity index (χ4v) is 2.36. The smallest absolute Gasteiger partial charge is 0.398 e. The lowest BCUT2D eigenvalue weighted by atomic mass is 10.0. The molecule has 1 aliphatic rings. The average molecular weight is 301 g/mol. The number of nitrogen functional groups attached to an aromatic ring is 1. The zero-order chi connectivity index (χ0) is 15.6. The first-order valence-corrected chi connectivity index (χ1v) is 6.73. The number of benzene rings is 1. The van der Waals surface area contributed by atoms with Crippen molar-refractivity contribution in [3.05, 3.63) is 29.3 Å². The lowest BCUT2D eigenvalue weighted by Gasteiger charge is -2.29. The minimum absolute atomic E-state index is 0.000546. The van der Waals surface area contributed by atoms with E-state index in [9.17, 15) is 18.0 Å². The molecule has 116 valence electrons. The van der Waals surface area contributed by atoms with Crippen molar-refractivity contribution < 1.29 is 18.0 Å². The van der Waals surface area contributed by atoms with Gasteiger partial charge in [0.2, 0.25) is 0 Å². The van der Waals surface area contributed by atoms with Crippen molar-refractivity contribution in [2.45, 2.75) is 25.1 Å². The largest absolute Gasteiger partial charge is 0.418 e. The Morgan fingerprint density at radius 2 is 1.95 bits per heavy atom. The SMILES string of the molecule is CN1CCC(NC(=O)c2ccc(N)c(C(F)(F)F)c2)CC1. The second kappa shape index (κ2) is 5.93. The molecule has 3 N–H and O–H groups in total. The van der Waals surface area contributed by atoms with Gasteiger partial charge in [0.05, 0.1) is 5.56 Å². The number of amides is 1. The summed E-state index contributed by atoms with van der Waals surface area (Å²) < 4.78 is 38.3. The normalized spacial score (nSPS) is 17.7. The molecule has 4 nitrogen and oxygen atoms in total. The molecule has 21 heavy (non-hydrogen) atoms. The number of piperidine rings is 1. The Hall–Kier alpha value is -1.76. The first kappa shape index (κ1) is 15.6. The Morgan fingerprint density at radius 1 is 1.33 bits per heavy atom. The molecule has 7 heteroatoms. The number of hydrogen-bond donors (Lipinski definition) is 2. The fraction of sp³-hybridized carbons (Fsp3) is 0.500. The van der Waals surface area contributed by atoms with E-state index >= 15 is 0 Å². The molecule has 1 aliphatic heterocycles. The molecule has 1 amide bonds. The fourth-order valence-electron chi connectivity index (χ4n) is 2.36.